The predicted octanol–water partition coefficient (Wildman–Crippen LogP) is 4.64. The van der Waals surface area contributed by atoms with Crippen LogP contribution >= 0.6 is 12.4 Å². The molecule has 0 fully saturated rings. The Morgan fingerprint density at radius 2 is 1.62 bits per heavy atom. The summed E-state index contributed by atoms with van der Waals surface area (Å²) in [6.07, 6.45) is 6.25. The monoisotopic (exact) mass is 311 g/mol. The lowest BCUT2D eigenvalue weighted by molar-refractivity contribution is 0.353. The van der Waals surface area contributed by atoms with Gasteiger partial charge in [0.2, 0.25) is 0 Å². The van der Waals surface area contributed by atoms with Crippen LogP contribution in [0.1, 0.15) is 43.4 Å². The molecule has 1 aromatic rings. The molecule has 3 heteroatoms. The lowest BCUT2D eigenvalue weighted by atomic mass is 9.98. The van der Waals surface area contributed by atoms with Crippen molar-refractivity contribution in [3.8, 4) is 5.75 Å². The first-order valence-electron chi connectivity index (χ1n) is 7.65. The van der Waals surface area contributed by atoms with Gasteiger partial charge in [0.05, 0.1) is 0 Å². The molecule has 1 aromatic carbocycles. The fourth-order valence-corrected chi connectivity index (χ4v) is 2.52. The van der Waals surface area contributed by atoms with Crippen LogP contribution in [0.2, 0.25) is 0 Å². The molecule has 0 aliphatic rings. The van der Waals surface area contributed by atoms with Gasteiger partial charge >= 0.3 is 0 Å². The minimum absolute atomic E-state index is 0. The van der Waals surface area contributed by atoms with Crippen molar-refractivity contribution in [1.29, 1.82) is 0 Å². The molecular formula is C18H30ClNO. The third-order valence-corrected chi connectivity index (χ3v) is 3.19. The summed E-state index contributed by atoms with van der Waals surface area (Å²) in [5, 5.41) is 0. The van der Waals surface area contributed by atoms with Gasteiger partial charge in [-0.1, -0.05) is 51.5 Å². The summed E-state index contributed by atoms with van der Waals surface area (Å²) in [5.74, 6) is 1.09. The molecule has 0 spiro atoms. The summed E-state index contributed by atoms with van der Waals surface area (Å²) in [5.41, 5.74) is 4.07. The summed E-state index contributed by atoms with van der Waals surface area (Å²) in [4.78, 5) is 2.21. The highest BCUT2D eigenvalue weighted by Crippen LogP contribution is 2.29. The van der Waals surface area contributed by atoms with Crippen LogP contribution in [-0.4, -0.2) is 25.6 Å². The van der Waals surface area contributed by atoms with Crippen LogP contribution in [0.5, 0.6) is 5.75 Å². The van der Waals surface area contributed by atoms with Crippen LogP contribution in [0.4, 0.5) is 0 Å². The molecule has 0 saturated heterocycles. The molecule has 0 N–H and O–H groups in total. The van der Waals surface area contributed by atoms with Crippen LogP contribution in [0.15, 0.2) is 24.8 Å². The van der Waals surface area contributed by atoms with Crippen LogP contribution < -0.4 is 4.74 Å². The van der Waals surface area contributed by atoms with Crippen molar-refractivity contribution >= 4 is 12.4 Å². The Hall–Kier alpha value is -0.990. The van der Waals surface area contributed by atoms with Gasteiger partial charge in [0, 0.05) is 6.54 Å². The molecule has 2 nitrogen and oxygen atoms in total. The highest BCUT2D eigenvalue weighted by atomic mass is 35.5. The molecule has 0 aliphatic carbocycles. The SMILES string of the molecule is C=CCOc1c(CCC)cc(CN(C)C)cc1CCC.Cl. The standard InChI is InChI=1S/C18H29NO.ClH/c1-6-9-16-12-15(14-19(4)5)13-17(10-7-2)18(16)20-11-8-3;/h8,12-13H,3,6-7,9-11,14H2,1-2,4-5H3;1H. The first-order chi connectivity index (χ1) is 9.62. The van der Waals surface area contributed by atoms with E-state index in [1.165, 1.54) is 16.7 Å². The summed E-state index contributed by atoms with van der Waals surface area (Å²) in [6.45, 7) is 9.75. The summed E-state index contributed by atoms with van der Waals surface area (Å²) in [6, 6.07) is 4.61. The first kappa shape index (κ1) is 20.0. The van der Waals surface area contributed by atoms with E-state index in [-0.39, 0.29) is 12.4 Å². The Morgan fingerprint density at radius 3 is 2.00 bits per heavy atom. The maximum absolute atomic E-state index is 5.95. The van der Waals surface area contributed by atoms with E-state index in [2.05, 4.69) is 51.6 Å². The minimum atomic E-state index is 0. The van der Waals surface area contributed by atoms with Gasteiger partial charge in [-0.05, 0) is 43.6 Å². The zero-order valence-corrected chi connectivity index (χ0v) is 14.8. The smallest absolute Gasteiger partial charge is 0.126 e. The number of ether oxygens (including phenoxy) is 1. The molecule has 0 bridgehead atoms. The van der Waals surface area contributed by atoms with Crippen molar-refractivity contribution in [1.82, 2.24) is 4.90 Å². The number of aryl methyl sites for hydroxylation is 2. The van der Waals surface area contributed by atoms with Crippen LogP contribution in [0.25, 0.3) is 0 Å². The van der Waals surface area contributed by atoms with Crippen molar-refractivity contribution in [3.63, 3.8) is 0 Å². The number of hydrogen-bond donors (Lipinski definition) is 0. The topological polar surface area (TPSA) is 12.5 Å². The van der Waals surface area contributed by atoms with Gasteiger partial charge in [0.1, 0.15) is 12.4 Å². The van der Waals surface area contributed by atoms with Gasteiger partial charge in [-0.15, -0.1) is 12.4 Å². The van der Waals surface area contributed by atoms with Gasteiger partial charge in [-0.2, -0.15) is 0 Å². The van der Waals surface area contributed by atoms with Crippen molar-refractivity contribution in [2.24, 2.45) is 0 Å². The van der Waals surface area contributed by atoms with Crippen molar-refractivity contribution in [2.45, 2.75) is 46.1 Å². The van der Waals surface area contributed by atoms with Gasteiger partial charge in [-0.25, -0.2) is 0 Å². The Balaban J connectivity index is 0.00000400. The molecule has 0 radical (unpaired) electrons. The minimum Gasteiger partial charge on any atom is -0.489 e. The second kappa shape index (κ2) is 10.7. The summed E-state index contributed by atoms with van der Waals surface area (Å²) < 4.78 is 5.95. The van der Waals surface area contributed by atoms with E-state index in [0.29, 0.717) is 6.61 Å². The van der Waals surface area contributed by atoms with Crippen LogP contribution in [-0.2, 0) is 19.4 Å². The van der Waals surface area contributed by atoms with Crippen molar-refractivity contribution < 1.29 is 4.74 Å². The fourth-order valence-electron chi connectivity index (χ4n) is 2.52. The largest absolute Gasteiger partial charge is 0.489 e. The van der Waals surface area contributed by atoms with E-state index < -0.39 is 0 Å². The molecule has 0 unspecified atom stereocenters. The molecule has 0 atom stereocenters. The molecule has 0 aliphatic heterocycles. The Bertz CT molecular complexity index is 402. The highest BCUT2D eigenvalue weighted by Gasteiger charge is 2.12. The molecular weight excluding hydrogens is 282 g/mol. The Kier molecular flexibility index (Phi) is 10.2. The lowest BCUT2D eigenvalue weighted by Gasteiger charge is -2.18. The van der Waals surface area contributed by atoms with Gasteiger partial charge in [-0.3, -0.25) is 0 Å². The normalized spacial score (nSPS) is 10.3. The highest BCUT2D eigenvalue weighted by molar-refractivity contribution is 5.85. The number of nitrogens with zero attached hydrogens (tertiary/aromatic N) is 1. The molecule has 0 aromatic heterocycles. The quantitative estimate of drug-likeness (QED) is 0.616. The Morgan fingerprint density at radius 1 is 1.10 bits per heavy atom. The van der Waals surface area contributed by atoms with Gasteiger partial charge in [0.15, 0.2) is 0 Å². The zero-order chi connectivity index (χ0) is 15.0. The number of hydrogen-bond acceptors (Lipinski definition) is 2. The van der Waals surface area contributed by atoms with E-state index >= 15 is 0 Å². The van der Waals surface area contributed by atoms with E-state index in [1.54, 1.807) is 0 Å². The number of rotatable bonds is 9. The maximum atomic E-state index is 5.95. The fraction of sp³-hybridized carbons (Fsp3) is 0.556. The summed E-state index contributed by atoms with van der Waals surface area (Å²) >= 11 is 0. The number of halogens is 1. The molecule has 120 valence electrons. The van der Waals surface area contributed by atoms with E-state index in [9.17, 15) is 0 Å². The molecule has 0 amide bonds. The zero-order valence-electron chi connectivity index (χ0n) is 13.9. The van der Waals surface area contributed by atoms with Gasteiger partial charge < -0.3 is 9.64 Å². The summed E-state index contributed by atoms with van der Waals surface area (Å²) in [7, 11) is 4.22. The average Bonchev–Trinajstić information content (AvgIpc) is 2.38. The Labute approximate surface area is 136 Å². The van der Waals surface area contributed by atoms with Gasteiger partial charge in [0.25, 0.3) is 0 Å². The van der Waals surface area contributed by atoms with Crippen LogP contribution in [0, 0.1) is 0 Å². The second-order valence-electron chi connectivity index (χ2n) is 5.58. The third kappa shape index (κ3) is 6.54. The van der Waals surface area contributed by atoms with Crippen molar-refractivity contribution in [3.05, 3.63) is 41.5 Å². The average molecular weight is 312 g/mol. The van der Waals surface area contributed by atoms with E-state index in [4.69, 9.17) is 4.74 Å². The maximum Gasteiger partial charge on any atom is 0.126 e. The molecule has 1 rings (SSSR count). The van der Waals surface area contributed by atoms with Crippen molar-refractivity contribution in [2.75, 3.05) is 20.7 Å². The van der Waals surface area contributed by atoms with E-state index in [0.717, 1.165) is 38.0 Å². The first-order valence-corrected chi connectivity index (χ1v) is 7.65. The predicted molar refractivity (Wildman–Crippen MR) is 94.8 cm³/mol. The molecule has 0 heterocycles. The third-order valence-electron chi connectivity index (χ3n) is 3.19. The van der Waals surface area contributed by atoms with Crippen LogP contribution in [0.3, 0.4) is 0 Å². The second-order valence-corrected chi connectivity index (χ2v) is 5.58. The number of benzene rings is 1. The molecule has 21 heavy (non-hydrogen) atoms. The van der Waals surface area contributed by atoms with E-state index in [1.807, 2.05) is 6.08 Å². The lowest BCUT2D eigenvalue weighted by Crippen LogP contribution is -2.12. The molecule has 0 saturated carbocycles.